The summed E-state index contributed by atoms with van der Waals surface area (Å²) in [5.41, 5.74) is 0.700. The Kier molecular flexibility index (Phi) is 2.59. The number of aromatic nitrogens is 2. The van der Waals surface area contributed by atoms with Crippen LogP contribution in [0, 0.1) is 0 Å². The highest BCUT2D eigenvalue weighted by atomic mass is 16.4. The second-order valence-corrected chi connectivity index (χ2v) is 3.25. The minimum Gasteiger partial charge on any atom is -0.475 e. The van der Waals surface area contributed by atoms with Gasteiger partial charge in [0.15, 0.2) is 0 Å². The zero-order valence-electron chi connectivity index (χ0n) is 8.25. The largest absolute Gasteiger partial charge is 0.475 e. The first-order chi connectivity index (χ1) is 7.66. The quantitative estimate of drug-likeness (QED) is 0.768. The Bertz CT molecular complexity index is 566. The number of aliphatic carboxylic acids is 1. The summed E-state index contributed by atoms with van der Waals surface area (Å²) < 4.78 is 0. The Labute approximate surface area is 90.8 Å². The monoisotopic (exact) mass is 216 g/mol. The van der Waals surface area contributed by atoms with Crippen LogP contribution in [-0.2, 0) is 16.0 Å². The molecule has 1 heterocycles. The number of carboxylic acids is 1. The molecule has 0 amide bonds. The summed E-state index contributed by atoms with van der Waals surface area (Å²) in [6, 6.07) is 7.30. The van der Waals surface area contributed by atoms with Crippen LogP contribution in [0.4, 0.5) is 0 Å². The molecule has 0 unspecified atom stereocenters. The van der Waals surface area contributed by atoms with Crippen molar-refractivity contribution in [3.8, 4) is 0 Å². The average Bonchev–Trinajstić information content (AvgIpc) is 2.28. The van der Waals surface area contributed by atoms with Gasteiger partial charge in [0.1, 0.15) is 5.82 Å². The fourth-order valence-electron chi connectivity index (χ4n) is 1.31. The maximum absolute atomic E-state index is 11.0. The third kappa shape index (κ3) is 2.03. The summed E-state index contributed by atoms with van der Waals surface area (Å²) in [6.45, 7) is 0. The van der Waals surface area contributed by atoms with Crippen molar-refractivity contribution < 1.29 is 14.7 Å². The molecule has 2 rings (SSSR count). The van der Waals surface area contributed by atoms with E-state index in [0.717, 1.165) is 5.39 Å². The molecule has 80 valence electrons. The molecule has 0 bridgehead atoms. The second-order valence-electron chi connectivity index (χ2n) is 3.25. The van der Waals surface area contributed by atoms with Crippen molar-refractivity contribution in [1.29, 1.82) is 0 Å². The van der Waals surface area contributed by atoms with Crippen LogP contribution in [0.2, 0.25) is 0 Å². The zero-order valence-corrected chi connectivity index (χ0v) is 8.25. The molecular weight excluding hydrogens is 208 g/mol. The Morgan fingerprint density at radius 2 is 2.00 bits per heavy atom. The number of para-hydroxylation sites is 1. The predicted octanol–water partition coefficient (Wildman–Crippen LogP) is 0.826. The molecule has 0 aliphatic carbocycles. The van der Waals surface area contributed by atoms with Gasteiger partial charge in [0.05, 0.1) is 11.9 Å². The number of hydrogen-bond donors (Lipinski definition) is 1. The van der Waals surface area contributed by atoms with Gasteiger partial charge in [-0.25, -0.2) is 14.8 Å². The van der Waals surface area contributed by atoms with E-state index in [-0.39, 0.29) is 12.2 Å². The van der Waals surface area contributed by atoms with E-state index in [4.69, 9.17) is 5.11 Å². The first-order valence-corrected chi connectivity index (χ1v) is 4.63. The number of benzene rings is 1. The van der Waals surface area contributed by atoms with Crippen molar-refractivity contribution in [2.75, 3.05) is 0 Å². The summed E-state index contributed by atoms with van der Waals surface area (Å²) in [7, 11) is 0. The van der Waals surface area contributed by atoms with Crippen LogP contribution in [0.1, 0.15) is 5.82 Å². The maximum atomic E-state index is 11.0. The molecule has 5 heteroatoms. The highest BCUT2D eigenvalue weighted by Crippen LogP contribution is 2.09. The lowest BCUT2D eigenvalue weighted by Gasteiger charge is -1.99. The Balaban J connectivity index is 2.33. The molecule has 0 radical (unpaired) electrons. The Hall–Kier alpha value is -2.30. The minimum atomic E-state index is -1.46. The van der Waals surface area contributed by atoms with Gasteiger partial charge in [-0.05, 0) is 6.07 Å². The van der Waals surface area contributed by atoms with E-state index in [0.29, 0.717) is 5.52 Å². The lowest BCUT2D eigenvalue weighted by molar-refractivity contribution is -0.148. The molecule has 0 aliphatic rings. The molecule has 1 N–H and O–H groups in total. The van der Waals surface area contributed by atoms with Gasteiger partial charge in [0.25, 0.3) is 0 Å². The van der Waals surface area contributed by atoms with Gasteiger partial charge in [0.2, 0.25) is 5.78 Å². The van der Waals surface area contributed by atoms with E-state index in [9.17, 15) is 9.59 Å². The van der Waals surface area contributed by atoms with Crippen molar-refractivity contribution in [2.45, 2.75) is 6.42 Å². The van der Waals surface area contributed by atoms with Gasteiger partial charge < -0.3 is 5.11 Å². The standard InChI is InChI=1S/C11H8N2O3/c14-9(11(15)16)5-10-12-6-7-3-1-2-4-8(7)13-10/h1-4,6H,5H2,(H,15,16). The number of fused-ring (bicyclic) bond motifs is 1. The lowest BCUT2D eigenvalue weighted by Crippen LogP contribution is -2.16. The summed E-state index contributed by atoms with van der Waals surface area (Å²) >= 11 is 0. The van der Waals surface area contributed by atoms with Crippen molar-refractivity contribution >= 4 is 22.7 Å². The molecule has 2 aromatic rings. The Morgan fingerprint density at radius 3 is 2.75 bits per heavy atom. The number of Topliss-reactive ketones (excluding diaryl/α,β-unsaturated/α-hetero) is 1. The van der Waals surface area contributed by atoms with Crippen LogP contribution in [0.25, 0.3) is 10.9 Å². The van der Waals surface area contributed by atoms with Gasteiger partial charge in [-0.3, -0.25) is 4.79 Å². The van der Waals surface area contributed by atoms with Crippen molar-refractivity contribution in [1.82, 2.24) is 9.97 Å². The van der Waals surface area contributed by atoms with Gasteiger partial charge >= 0.3 is 5.97 Å². The molecule has 0 spiro atoms. The number of nitrogens with zero attached hydrogens (tertiary/aromatic N) is 2. The molecular formula is C11H8N2O3. The van der Waals surface area contributed by atoms with Crippen LogP contribution in [0.3, 0.4) is 0 Å². The van der Waals surface area contributed by atoms with E-state index in [1.54, 1.807) is 12.3 Å². The molecule has 1 aromatic carbocycles. The second kappa shape index (κ2) is 4.06. The SMILES string of the molecule is O=C(O)C(=O)Cc1ncc2ccccc2n1. The summed E-state index contributed by atoms with van der Waals surface area (Å²) in [5, 5.41) is 9.31. The van der Waals surface area contributed by atoms with Crippen molar-refractivity contribution in [3.05, 3.63) is 36.3 Å². The Morgan fingerprint density at radius 1 is 1.25 bits per heavy atom. The van der Waals surface area contributed by atoms with E-state index >= 15 is 0 Å². The van der Waals surface area contributed by atoms with Crippen LogP contribution >= 0.6 is 0 Å². The van der Waals surface area contributed by atoms with Gasteiger partial charge in [-0.1, -0.05) is 18.2 Å². The van der Waals surface area contributed by atoms with E-state index < -0.39 is 11.8 Å². The predicted molar refractivity (Wildman–Crippen MR) is 55.9 cm³/mol. The fourth-order valence-corrected chi connectivity index (χ4v) is 1.31. The van der Waals surface area contributed by atoms with Gasteiger partial charge in [-0.2, -0.15) is 0 Å². The van der Waals surface area contributed by atoms with Gasteiger partial charge in [0, 0.05) is 11.6 Å². The minimum absolute atomic E-state index is 0.228. The number of carbonyl (C=O) groups is 2. The number of carboxylic acid groups (broad SMARTS) is 1. The van der Waals surface area contributed by atoms with Crippen molar-refractivity contribution in [2.24, 2.45) is 0 Å². The fraction of sp³-hybridized carbons (Fsp3) is 0.0909. The van der Waals surface area contributed by atoms with Crippen LogP contribution in [0.5, 0.6) is 0 Å². The molecule has 0 saturated carbocycles. The summed E-state index contributed by atoms with van der Waals surface area (Å²) in [6.07, 6.45) is 1.30. The van der Waals surface area contributed by atoms with Crippen LogP contribution in [0.15, 0.2) is 30.5 Å². The lowest BCUT2D eigenvalue weighted by atomic mass is 10.2. The third-order valence-corrected chi connectivity index (χ3v) is 2.10. The summed E-state index contributed by atoms with van der Waals surface area (Å²) in [5.74, 6) is -2.14. The number of rotatable bonds is 3. The molecule has 0 saturated heterocycles. The van der Waals surface area contributed by atoms with E-state index in [1.807, 2.05) is 18.2 Å². The summed E-state index contributed by atoms with van der Waals surface area (Å²) in [4.78, 5) is 29.4. The molecule has 5 nitrogen and oxygen atoms in total. The van der Waals surface area contributed by atoms with Crippen LogP contribution in [-0.4, -0.2) is 26.8 Å². The molecule has 0 aliphatic heterocycles. The van der Waals surface area contributed by atoms with E-state index in [1.165, 1.54) is 0 Å². The van der Waals surface area contributed by atoms with Crippen LogP contribution < -0.4 is 0 Å². The number of hydrogen-bond acceptors (Lipinski definition) is 4. The average molecular weight is 216 g/mol. The highest BCUT2D eigenvalue weighted by molar-refractivity contribution is 6.33. The number of carbonyl (C=O) groups excluding carboxylic acids is 1. The third-order valence-electron chi connectivity index (χ3n) is 2.10. The zero-order chi connectivity index (χ0) is 11.5. The normalized spacial score (nSPS) is 10.2. The molecule has 0 fully saturated rings. The van der Waals surface area contributed by atoms with E-state index in [2.05, 4.69) is 9.97 Å². The molecule has 1 aromatic heterocycles. The molecule has 16 heavy (non-hydrogen) atoms. The first kappa shape index (κ1) is 10.2. The molecule has 0 atom stereocenters. The number of ketones is 1. The maximum Gasteiger partial charge on any atom is 0.372 e. The topological polar surface area (TPSA) is 80.1 Å². The van der Waals surface area contributed by atoms with Crippen molar-refractivity contribution in [3.63, 3.8) is 0 Å². The highest BCUT2D eigenvalue weighted by Gasteiger charge is 2.13. The smallest absolute Gasteiger partial charge is 0.372 e. The first-order valence-electron chi connectivity index (χ1n) is 4.63. The van der Waals surface area contributed by atoms with Gasteiger partial charge in [-0.15, -0.1) is 0 Å².